The minimum atomic E-state index is -0.601. The van der Waals surface area contributed by atoms with Gasteiger partial charge in [-0.25, -0.2) is 14.4 Å². The molecule has 0 saturated heterocycles. The number of nitrogens with one attached hydrogen (secondary N) is 2. The normalized spacial score (nSPS) is 11.2. The molecule has 0 spiro atoms. The largest absolute Gasteiger partial charge is 0.344 e. The van der Waals surface area contributed by atoms with Crippen molar-refractivity contribution in [3.05, 3.63) is 63.3 Å². The molecule has 3 aromatic rings. The number of hydrogen-bond acceptors (Lipinski definition) is 6. The average Bonchev–Trinajstić information content (AvgIpc) is 3.27. The van der Waals surface area contributed by atoms with Crippen molar-refractivity contribution in [2.75, 3.05) is 5.32 Å². The summed E-state index contributed by atoms with van der Waals surface area (Å²) in [7, 11) is 0. The molecular weight excluding hydrogens is 387 g/mol. The van der Waals surface area contributed by atoms with Gasteiger partial charge in [-0.2, -0.15) is 0 Å². The maximum absolute atomic E-state index is 13.7. The number of halogens is 1. The third-order valence-corrected chi connectivity index (χ3v) is 5.55. The fourth-order valence-electron chi connectivity index (χ4n) is 2.40. The van der Waals surface area contributed by atoms with Gasteiger partial charge in [0, 0.05) is 17.0 Å². The Morgan fingerprint density at radius 3 is 2.70 bits per heavy atom. The second-order valence-electron chi connectivity index (χ2n) is 6.27. The number of nitrogens with zero attached hydrogens (tertiary/aromatic N) is 2. The van der Waals surface area contributed by atoms with Crippen molar-refractivity contribution in [3.63, 3.8) is 0 Å². The molecule has 0 bridgehead atoms. The summed E-state index contributed by atoms with van der Waals surface area (Å²) in [6.45, 7) is 3.76. The summed E-state index contributed by atoms with van der Waals surface area (Å²) < 4.78 is 13.7. The van der Waals surface area contributed by atoms with E-state index in [4.69, 9.17) is 0 Å². The van der Waals surface area contributed by atoms with E-state index >= 15 is 0 Å². The Hall–Kier alpha value is -2.65. The first-order chi connectivity index (χ1) is 12.8. The van der Waals surface area contributed by atoms with E-state index in [9.17, 15) is 14.0 Å². The van der Waals surface area contributed by atoms with Crippen molar-refractivity contribution in [2.45, 2.75) is 25.8 Å². The Kier molecular flexibility index (Phi) is 5.62. The van der Waals surface area contributed by atoms with Crippen LogP contribution in [0.2, 0.25) is 0 Å². The summed E-state index contributed by atoms with van der Waals surface area (Å²) >= 11 is 2.65. The summed E-state index contributed by atoms with van der Waals surface area (Å²) in [5.74, 6) is -1.38. The molecule has 0 atom stereocenters. The second-order valence-corrected chi connectivity index (χ2v) is 8.02. The van der Waals surface area contributed by atoms with Crippen LogP contribution in [0.1, 0.15) is 34.9 Å². The van der Waals surface area contributed by atoms with Gasteiger partial charge in [0.05, 0.1) is 23.2 Å². The Morgan fingerprint density at radius 2 is 2.00 bits per heavy atom. The van der Waals surface area contributed by atoms with Crippen molar-refractivity contribution < 1.29 is 14.0 Å². The van der Waals surface area contributed by atoms with Crippen molar-refractivity contribution in [2.24, 2.45) is 0 Å². The summed E-state index contributed by atoms with van der Waals surface area (Å²) in [6.07, 6.45) is 1.76. The van der Waals surface area contributed by atoms with Crippen molar-refractivity contribution in [1.82, 2.24) is 15.3 Å². The van der Waals surface area contributed by atoms with Gasteiger partial charge in [-0.3, -0.25) is 14.9 Å². The fourth-order valence-corrected chi connectivity index (χ4v) is 3.82. The average molecular weight is 404 g/mol. The van der Waals surface area contributed by atoms with Crippen molar-refractivity contribution in [1.29, 1.82) is 0 Å². The van der Waals surface area contributed by atoms with Crippen molar-refractivity contribution in [3.8, 4) is 0 Å². The van der Waals surface area contributed by atoms with Gasteiger partial charge in [-0.1, -0.05) is 12.1 Å². The zero-order valence-corrected chi connectivity index (χ0v) is 16.3. The molecule has 1 aromatic carbocycles. The molecule has 2 N–H and O–H groups in total. The summed E-state index contributed by atoms with van der Waals surface area (Å²) in [4.78, 5) is 32.9. The molecule has 2 heterocycles. The first kappa shape index (κ1) is 19.1. The van der Waals surface area contributed by atoms with E-state index in [1.165, 1.54) is 40.9 Å². The standard InChI is InChI=1S/C18H17FN4O2S2/c1-18(2,16-20-7-8-26-16)23-14(24)9-11-10-27-17(21-11)22-15(25)12-5-3-4-6-13(12)19/h3-8,10H,9H2,1-2H3,(H,23,24)(H,21,22,25). The van der Waals surface area contributed by atoms with Crippen LogP contribution in [0.25, 0.3) is 0 Å². The summed E-state index contributed by atoms with van der Waals surface area (Å²) in [5, 5.41) is 10.1. The molecule has 0 saturated carbocycles. The number of rotatable bonds is 6. The van der Waals surface area contributed by atoms with Gasteiger partial charge in [-0.05, 0) is 26.0 Å². The molecule has 0 fully saturated rings. The number of thiazole rings is 2. The molecule has 3 rings (SSSR count). The highest BCUT2D eigenvalue weighted by atomic mass is 32.1. The minimum Gasteiger partial charge on any atom is -0.344 e. The van der Waals surface area contributed by atoms with Crippen LogP contribution in [0.3, 0.4) is 0 Å². The molecule has 2 amide bonds. The van der Waals surface area contributed by atoms with E-state index in [1.807, 2.05) is 19.2 Å². The Morgan fingerprint density at radius 1 is 1.22 bits per heavy atom. The van der Waals surface area contributed by atoms with Gasteiger partial charge in [0.1, 0.15) is 10.8 Å². The van der Waals surface area contributed by atoms with Gasteiger partial charge in [0.15, 0.2) is 5.13 Å². The Balaban J connectivity index is 1.60. The SMILES string of the molecule is CC(C)(NC(=O)Cc1csc(NC(=O)c2ccccc2F)n1)c1nccs1. The topological polar surface area (TPSA) is 84.0 Å². The minimum absolute atomic E-state index is 0.0582. The number of aromatic nitrogens is 2. The van der Waals surface area contributed by atoms with E-state index < -0.39 is 17.3 Å². The van der Waals surface area contributed by atoms with E-state index in [0.717, 1.165) is 5.01 Å². The van der Waals surface area contributed by atoms with E-state index in [2.05, 4.69) is 20.6 Å². The Labute approximate surface area is 163 Å². The predicted octanol–water partition coefficient (Wildman–Crippen LogP) is 3.59. The van der Waals surface area contributed by atoms with Gasteiger partial charge < -0.3 is 5.32 Å². The highest BCUT2D eigenvalue weighted by molar-refractivity contribution is 7.14. The van der Waals surface area contributed by atoms with Gasteiger partial charge in [0.25, 0.3) is 5.91 Å². The number of hydrogen-bond donors (Lipinski definition) is 2. The van der Waals surface area contributed by atoms with Crippen LogP contribution in [-0.4, -0.2) is 21.8 Å². The van der Waals surface area contributed by atoms with Crippen LogP contribution < -0.4 is 10.6 Å². The second kappa shape index (κ2) is 7.93. The quantitative estimate of drug-likeness (QED) is 0.658. The maximum Gasteiger partial charge on any atom is 0.260 e. The van der Waals surface area contributed by atoms with Gasteiger partial charge in [-0.15, -0.1) is 22.7 Å². The first-order valence-electron chi connectivity index (χ1n) is 8.06. The molecule has 6 nitrogen and oxygen atoms in total. The third-order valence-electron chi connectivity index (χ3n) is 3.65. The highest BCUT2D eigenvalue weighted by Gasteiger charge is 2.25. The molecule has 0 radical (unpaired) electrons. The zero-order chi connectivity index (χ0) is 19.4. The number of carbonyl (C=O) groups is 2. The molecular formula is C18H17FN4O2S2. The number of amides is 2. The monoisotopic (exact) mass is 404 g/mol. The lowest BCUT2D eigenvalue weighted by Gasteiger charge is -2.23. The molecule has 27 heavy (non-hydrogen) atoms. The third kappa shape index (κ3) is 4.75. The van der Waals surface area contributed by atoms with Gasteiger partial charge >= 0.3 is 0 Å². The van der Waals surface area contributed by atoms with Crippen LogP contribution in [0.15, 0.2) is 41.2 Å². The number of anilines is 1. The molecule has 0 aliphatic heterocycles. The molecule has 0 aliphatic carbocycles. The molecule has 9 heteroatoms. The maximum atomic E-state index is 13.7. The summed E-state index contributed by atoms with van der Waals surface area (Å²) in [6, 6.07) is 5.71. The van der Waals surface area contributed by atoms with Crippen molar-refractivity contribution >= 4 is 39.6 Å². The molecule has 140 valence electrons. The highest BCUT2D eigenvalue weighted by Crippen LogP contribution is 2.23. The lowest BCUT2D eigenvalue weighted by Crippen LogP contribution is -2.41. The lowest BCUT2D eigenvalue weighted by atomic mass is 10.1. The zero-order valence-electron chi connectivity index (χ0n) is 14.7. The molecule has 0 unspecified atom stereocenters. The number of carbonyl (C=O) groups excluding carboxylic acids is 2. The van der Waals surface area contributed by atoms with Gasteiger partial charge in [0.2, 0.25) is 5.91 Å². The van der Waals surface area contributed by atoms with Crippen LogP contribution in [0.5, 0.6) is 0 Å². The van der Waals surface area contributed by atoms with E-state index in [-0.39, 0.29) is 17.9 Å². The van der Waals surface area contributed by atoms with Crippen LogP contribution >= 0.6 is 22.7 Å². The predicted molar refractivity (Wildman–Crippen MR) is 103 cm³/mol. The molecule has 2 aromatic heterocycles. The smallest absolute Gasteiger partial charge is 0.260 e. The van der Waals surface area contributed by atoms with Crippen LogP contribution in [-0.2, 0) is 16.8 Å². The molecule has 0 aliphatic rings. The lowest BCUT2D eigenvalue weighted by molar-refractivity contribution is -0.122. The van der Waals surface area contributed by atoms with Crippen LogP contribution in [0.4, 0.5) is 9.52 Å². The Bertz CT molecular complexity index is 954. The fraction of sp³-hybridized carbons (Fsp3) is 0.222. The van der Waals surface area contributed by atoms with E-state index in [0.29, 0.717) is 10.8 Å². The summed E-state index contributed by atoms with van der Waals surface area (Å²) in [5.41, 5.74) is -0.114. The van der Waals surface area contributed by atoms with Crippen LogP contribution in [0, 0.1) is 5.82 Å². The number of benzene rings is 1. The van der Waals surface area contributed by atoms with E-state index in [1.54, 1.807) is 17.6 Å². The first-order valence-corrected chi connectivity index (χ1v) is 9.82.